The highest BCUT2D eigenvalue weighted by Crippen LogP contribution is 2.13. The molecule has 0 aliphatic rings. The Morgan fingerprint density at radius 1 is 1.18 bits per heavy atom. The van der Waals surface area contributed by atoms with Crippen LogP contribution in [0.3, 0.4) is 0 Å². The first-order chi connectivity index (χ1) is 8.05. The first kappa shape index (κ1) is 14.2. The van der Waals surface area contributed by atoms with Crippen LogP contribution < -0.4 is 5.73 Å². The van der Waals surface area contributed by atoms with Crippen LogP contribution in [0, 0.1) is 0 Å². The molecule has 0 heterocycles. The number of hydrogen-bond donors (Lipinski definition) is 1. The largest absolute Gasteiger partial charge is 0.323 e. The van der Waals surface area contributed by atoms with Gasteiger partial charge in [-0.3, -0.25) is 0 Å². The molecule has 1 unspecified atom stereocenters. The topological polar surface area (TPSA) is 60.2 Å². The van der Waals surface area contributed by atoms with Crippen molar-refractivity contribution in [3.8, 4) is 0 Å². The van der Waals surface area contributed by atoms with E-state index in [0.717, 1.165) is 24.8 Å². The molecule has 2 N–H and O–H groups in total. The van der Waals surface area contributed by atoms with Crippen molar-refractivity contribution in [3.05, 3.63) is 35.9 Å². The number of rotatable bonds is 7. The van der Waals surface area contributed by atoms with E-state index in [1.165, 1.54) is 0 Å². The molecule has 96 valence electrons. The van der Waals surface area contributed by atoms with Crippen molar-refractivity contribution in [2.45, 2.75) is 32.2 Å². The minimum absolute atomic E-state index is 0.0424. The zero-order chi connectivity index (χ0) is 12.7. The highest BCUT2D eigenvalue weighted by Gasteiger charge is 2.16. The molecule has 3 nitrogen and oxygen atoms in total. The average Bonchev–Trinajstić information content (AvgIpc) is 2.30. The van der Waals surface area contributed by atoms with Crippen LogP contribution >= 0.6 is 0 Å². The maximum Gasteiger partial charge on any atom is 0.152 e. The first-order valence-corrected chi connectivity index (χ1v) is 7.88. The predicted octanol–water partition coefficient (Wildman–Crippen LogP) is 2.29. The Bertz CT molecular complexity index is 414. The average molecular weight is 255 g/mol. The summed E-state index contributed by atoms with van der Waals surface area (Å²) in [5.41, 5.74) is 6.79. The second-order valence-electron chi connectivity index (χ2n) is 4.34. The zero-order valence-corrected chi connectivity index (χ0v) is 11.1. The van der Waals surface area contributed by atoms with Crippen LogP contribution in [-0.2, 0) is 9.84 Å². The molecule has 0 aliphatic carbocycles. The molecule has 0 saturated carbocycles. The molecule has 0 bridgehead atoms. The molecule has 0 fully saturated rings. The monoisotopic (exact) mass is 255 g/mol. The lowest BCUT2D eigenvalue weighted by Crippen LogP contribution is -2.23. The third kappa shape index (κ3) is 5.33. The molecular formula is C13H21NO2S. The van der Waals surface area contributed by atoms with Crippen LogP contribution in [0.4, 0.5) is 0 Å². The van der Waals surface area contributed by atoms with Gasteiger partial charge in [-0.2, -0.15) is 0 Å². The molecule has 0 spiro atoms. The second-order valence-corrected chi connectivity index (χ2v) is 6.57. The number of benzene rings is 1. The Labute approximate surface area is 104 Å². The molecule has 1 aromatic carbocycles. The van der Waals surface area contributed by atoms with Crippen LogP contribution in [0.1, 0.15) is 37.8 Å². The lowest BCUT2D eigenvalue weighted by Gasteiger charge is -2.12. The van der Waals surface area contributed by atoms with Crippen molar-refractivity contribution in [1.82, 2.24) is 0 Å². The van der Waals surface area contributed by atoms with Crippen LogP contribution in [-0.4, -0.2) is 19.9 Å². The molecule has 1 rings (SSSR count). The summed E-state index contributed by atoms with van der Waals surface area (Å²) in [4.78, 5) is 0. The number of sulfone groups is 1. The van der Waals surface area contributed by atoms with Gasteiger partial charge in [0, 0.05) is 6.04 Å². The van der Waals surface area contributed by atoms with Gasteiger partial charge in [0.15, 0.2) is 9.84 Å². The van der Waals surface area contributed by atoms with Gasteiger partial charge in [-0.15, -0.1) is 0 Å². The fourth-order valence-electron chi connectivity index (χ4n) is 1.73. The third-order valence-electron chi connectivity index (χ3n) is 2.72. The Morgan fingerprint density at radius 2 is 1.82 bits per heavy atom. The number of unbranched alkanes of at least 4 members (excludes halogenated alkanes) is 2. The first-order valence-electron chi connectivity index (χ1n) is 6.06. The SMILES string of the molecule is CCCCCS(=O)(=O)CC(N)c1ccccc1. The van der Waals surface area contributed by atoms with Crippen molar-refractivity contribution >= 4 is 9.84 Å². The minimum Gasteiger partial charge on any atom is -0.323 e. The Balaban J connectivity index is 2.53. The van der Waals surface area contributed by atoms with Crippen LogP contribution in [0.15, 0.2) is 30.3 Å². The van der Waals surface area contributed by atoms with Gasteiger partial charge in [0.05, 0.1) is 11.5 Å². The van der Waals surface area contributed by atoms with E-state index in [1.54, 1.807) is 0 Å². The van der Waals surface area contributed by atoms with Gasteiger partial charge in [0.1, 0.15) is 0 Å². The van der Waals surface area contributed by atoms with Crippen molar-refractivity contribution in [2.75, 3.05) is 11.5 Å². The molecule has 0 aliphatic heterocycles. The van der Waals surface area contributed by atoms with E-state index in [9.17, 15) is 8.42 Å². The highest BCUT2D eigenvalue weighted by atomic mass is 32.2. The van der Waals surface area contributed by atoms with Gasteiger partial charge >= 0.3 is 0 Å². The quantitative estimate of drug-likeness (QED) is 0.760. The number of hydrogen-bond acceptors (Lipinski definition) is 3. The van der Waals surface area contributed by atoms with E-state index in [2.05, 4.69) is 6.92 Å². The predicted molar refractivity (Wildman–Crippen MR) is 71.5 cm³/mol. The molecule has 17 heavy (non-hydrogen) atoms. The standard InChI is InChI=1S/C13H21NO2S/c1-2-3-7-10-17(15,16)11-13(14)12-8-5-4-6-9-12/h4-6,8-9,13H,2-3,7,10-11,14H2,1H3. The van der Waals surface area contributed by atoms with Gasteiger partial charge < -0.3 is 5.73 Å². The van der Waals surface area contributed by atoms with Crippen LogP contribution in [0.25, 0.3) is 0 Å². The normalized spacial score (nSPS) is 13.5. The number of nitrogens with two attached hydrogens (primary N) is 1. The van der Waals surface area contributed by atoms with E-state index in [1.807, 2.05) is 30.3 Å². The fourth-order valence-corrected chi connectivity index (χ4v) is 3.28. The molecule has 0 amide bonds. The van der Waals surface area contributed by atoms with Crippen molar-refractivity contribution in [3.63, 3.8) is 0 Å². The van der Waals surface area contributed by atoms with Crippen molar-refractivity contribution in [2.24, 2.45) is 5.73 Å². The summed E-state index contributed by atoms with van der Waals surface area (Å²) in [6, 6.07) is 8.96. The molecule has 0 saturated heterocycles. The third-order valence-corrected chi connectivity index (χ3v) is 4.50. The van der Waals surface area contributed by atoms with E-state index >= 15 is 0 Å². The summed E-state index contributed by atoms with van der Waals surface area (Å²) in [6.07, 6.45) is 2.72. The van der Waals surface area contributed by atoms with Crippen molar-refractivity contribution in [1.29, 1.82) is 0 Å². The lowest BCUT2D eigenvalue weighted by molar-refractivity contribution is 0.584. The molecule has 0 aromatic heterocycles. The van der Waals surface area contributed by atoms with E-state index < -0.39 is 15.9 Å². The van der Waals surface area contributed by atoms with E-state index in [4.69, 9.17) is 5.73 Å². The maximum atomic E-state index is 11.8. The summed E-state index contributed by atoms with van der Waals surface area (Å²) >= 11 is 0. The molecule has 1 aromatic rings. The second kappa shape index (κ2) is 6.77. The van der Waals surface area contributed by atoms with Crippen LogP contribution in [0.5, 0.6) is 0 Å². The van der Waals surface area contributed by atoms with Gasteiger partial charge in [-0.1, -0.05) is 50.1 Å². The molecule has 1 atom stereocenters. The van der Waals surface area contributed by atoms with Gasteiger partial charge in [0.2, 0.25) is 0 Å². The highest BCUT2D eigenvalue weighted by molar-refractivity contribution is 7.91. The van der Waals surface area contributed by atoms with E-state index in [0.29, 0.717) is 0 Å². The zero-order valence-electron chi connectivity index (χ0n) is 10.3. The van der Waals surface area contributed by atoms with Gasteiger partial charge in [-0.05, 0) is 12.0 Å². The lowest BCUT2D eigenvalue weighted by atomic mass is 10.1. The van der Waals surface area contributed by atoms with Crippen LogP contribution in [0.2, 0.25) is 0 Å². The summed E-state index contributed by atoms with van der Waals surface area (Å²) in [5, 5.41) is 0. The van der Waals surface area contributed by atoms with E-state index in [-0.39, 0.29) is 11.5 Å². The van der Waals surface area contributed by atoms with Gasteiger partial charge in [0.25, 0.3) is 0 Å². The Hall–Kier alpha value is -0.870. The summed E-state index contributed by atoms with van der Waals surface area (Å²) in [7, 11) is -3.03. The Kier molecular flexibility index (Phi) is 5.65. The van der Waals surface area contributed by atoms with Crippen molar-refractivity contribution < 1.29 is 8.42 Å². The molecular weight excluding hydrogens is 234 g/mol. The minimum atomic E-state index is -3.03. The molecule has 0 radical (unpaired) electrons. The Morgan fingerprint density at radius 3 is 2.41 bits per heavy atom. The molecule has 4 heteroatoms. The summed E-state index contributed by atoms with van der Waals surface area (Å²) in [5.74, 6) is 0.294. The van der Waals surface area contributed by atoms with Gasteiger partial charge in [-0.25, -0.2) is 8.42 Å². The fraction of sp³-hybridized carbons (Fsp3) is 0.538. The smallest absolute Gasteiger partial charge is 0.152 e. The summed E-state index contributed by atoms with van der Waals surface area (Å²) in [6.45, 7) is 2.06. The maximum absolute atomic E-state index is 11.8. The summed E-state index contributed by atoms with van der Waals surface area (Å²) < 4.78 is 23.6.